The second kappa shape index (κ2) is 5.25. The molecule has 2 heterocycles. The fourth-order valence-electron chi connectivity index (χ4n) is 2.85. The van der Waals surface area contributed by atoms with Crippen molar-refractivity contribution in [2.24, 2.45) is 0 Å². The minimum Gasteiger partial charge on any atom is -0.389 e. The number of pyridine rings is 1. The number of rotatable bonds is 2. The normalized spacial score (nSPS) is 15.8. The van der Waals surface area contributed by atoms with Crippen LogP contribution in [-0.2, 0) is 13.0 Å². The van der Waals surface area contributed by atoms with Crippen molar-refractivity contribution in [3.8, 4) is 0 Å². The summed E-state index contributed by atoms with van der Waals surface area (Å²) in [5, 5.41) is 9.68. The minimum atomic E-state index is -0.460. The van der Waals surface area contributed by atoms with Gasteiger partial charge in [0.1, 0.15) is 5.82 Å². The average Bonchev–Trinajstić information content (AvgIpc) is 2.46. The van der Waals surface area contributed by atoms with Crippen molar-refractivity contribution in [2.45, 2.75) is 32.9 Å². The lowest BCUT2D eigenvalue weighted by molar-refractivity contribution is 0.198. The van der Waals surface area contributed by atoms with Crippen LogP contribution < -0.4 is 4.90 Å². The topological polar surface area (TPSA) is 36.4 Å². The molecule has 1 aliphatic heterocycles. The minimum absolute atomic E-state index is 0.460. The molecule has 20 heavy (non-hydrogen) atoms. The maximum absolute atomic E-state index is 9.68. The van der Waals surface area contributed by atoms with Crippen LogP contribution in [0, 0.1) is 6.92 Å². The summed E-state index contributed by atoms with van der Waals surface area (Å²) < 4.78 is 0. The zero-order chi connectivity index (χ0) is 14.1. The summed E-state index contributed by atoms with van der Waals surface area (Å²) in [6.45, 7) is 5.72. The van der Waals surface area contributed by atoms with Crippen LogP contribution in [0.25, 0.3) is 0 Å². The second-order valence-corrected chi connectivity index (χ2v) is 5.52. The van der Waals surface area contributed by atoms with Crippen LogP contribution in [0.5, 0.6) is 0 Å². The number of benzene rings is 1. The van der Waals surface area contributed by atoms with Crippen LogP contribution in [0.4, 0.5) is 5.82 Å². The number of fused-ring (bicyclic) bond motifs is 1. The van der Waals surface area contributed by atoms with E-state index in [1.165, 1.54) is 11.1 Å². The van der Waals surface area contributed by atoms with Crippen LogP contribution in [0.3, 0.4) is 0 Å². The molecule has 0 saturated heterocycles. The Balaban J connectivity index is 1.86. The van der Waals surface area contributed by atoms with Crippen LogP contribution in [-0.4, -0.2) is 16.6 Å². The fraction of sp³-hybridized carbons (Fsp3) is 0.353. The quantitative estimate of drug-likeness (QED) is 0.909. The molecule has 0 unspecified atom stereocenters. The number of aromatic nitrogens is 1. The molecule has 2 aromatic rings. The lowest BCUT2D eigenvalue weighted by atomic mass is 9.99. The van der Waals surface area contributed by atoms with Gasteiger partial charge >= 0.3 is 0 Å². The monoisotopic (exact) mass is 268 g/mol. The van der Waals surface area contributed by atoms with E-state index in [2.05, 4.69) is 40.2 Å². The first kappa shape index (κ1) is 13.1. The molecule has 104 valence electrons. The number of aryl methyl sites for hydroxylation is 1. The smallest absolute Gasteiger partial charge is 0.129 e. The lowest BCUT2D eigenvalue weighted by Crippen LogP contribution is -2.31. The number of nitrogens with zero attached hydrogens (tertiary/aromatic N) is 2. The van der Waals surface area contributed by atoms with Gasteiger partial charge in [-0.25, -0.2) is 4.98 Å². The molecule has 0 saturated carbocycles. The van der Waals surface area contributed by atoms with Gasteiger partial charge < -0.3 is 10.0 Å². The SMILES string of the molecule is Cc1cc(N2CCc3ccccc3C2)ncc1[C@H](C)O. The highest BCUT2D eigenvalue weighted by Gasteiger charge is 2.17. The summed E-state index contributed by atoms with van der Waals surface area (Å²) in [6.07, 6.45) is 2.41. The van der Waals surface area contributed by atoms with E-state index < -0.39 is 6.10 Å². The van der Waals surface area contributed by atoms with Crippen LogP contribution >= 0.6 is 0 Å². The molecular formula is C17H20N2O. The summed E-state index contributed by atoms with van der Waals surface area (Å²) in [6, 6.07) is 10.7. The van der Waals surface area contributed by atoms with Crippen molar-refractivity contribution < 1.29 is 5.11 Å². The van der Waals surface area contributed by atoms with Gasteiger partial charge in [0.15, 0.2) is 0 Å². The van der Waals surface area contributed by atoms with Crippen LogP contribution in [0.2, 0.25) is 0 Å². The highest BCUT2D eigenvalue weighted by atomic mass is 16.3. The van der Waals surface area contributed by atoms with E-state index in [-0.39, 0.29) is 0 Å². The van der Waals surface area contributed by atoms with Gasteiger partial charge in [-0.1, -0.05) is 24.3 Å². The van der Waals surface area contributed by atoms with Gasteiger partial charge in [0, 0.05) is 24.8 Å². The summed E-state index contributed by atoms with van der Waals surface area (Å²) in [4.78, 5) is 6.83. The zero-order valence-electron chi connectivity index (χ0n) is 12.0. The third kappa shape index (κ3) is 2.41. The Kier molecular flexibility index (Phi) is 3.45. The molecule has 0 aliphatic carbocycles. The number of aliphatic hydroxyl groups is 1. The highest BCUT2D eigenvalue weighted by molar-refractivity contribution is 5.47. The predicted molar refractivity (Wildman–Crippen MR) is 80.8 cm³/mol. The fourth-order valence-corrected chi connectivity index (χ4v) is 2.85. The first-order valence-corrected chi connectivity index (χ1v) is 7.11. The number of anilines is 1. The molecule has 1 aromatic carbocycles. The van der Waals surface area contributed by atoms with Crippen molar-refractivity contribution in [1.29, 1.82) is 0 Å². The number of aliphatic hydroxyl groups excluding tert-OH is 1. The average molecular weight is 268 g/mol. The third-order valence-corrected chi connectivity index (χ3v) is 4.04. The predicted octanol–water partition coefficient (Wildman–Crippen LogP) is 3.01. The molecule has 1 aromatic heterocycles. The van der Waals surface area contributed by atoms with Gasteiger partial charge in [-0.05, 0) is 43.0 Å². The van der Waals surface area contributed by atoms with Crippen molar-refractivity contribution in [2.75, 3.05) is 11.4 Å². The Morgan fingerprint density at radius 2 is 2.00 bits per heavy atom. The van der Waals surface area contributed by atoms with Gasteiger partial charge in [0.25, 0.3) is 0 Å². The second-order valence-electron chi connectivity index (χ2n) is 5.52. The molecule has 1 aliphatic rings. The van der Waals surface area contributed by atoms with E-state index in [1.54, 1.807) is 13.1 Å². The maximum atomic E-state index is 9.68. The molecule has 3 heteroatoms. The molecule has 1 N–H and O–H groups in total. The summed E-state index contributed by atoms with van der Waals surface area (Å²) >= 11 is 0. The summed E-state index contributed by atoms with van der Waals surface area (Å²) in [7, 11) is 0. The third-order valence-electron chi connectivity index (χ3n) is 4.04. The number of hydrogen-bond acceptors (Lipinski definition) is 3. The standard InChI is InChI=1S/C17H20N2O/c1-12-9-17(18-10-16(12)13(2)20)19-8-7-14-5-3-4-6-15(14)11-19/h3-6,9-10,13,20H,7-8,11H2,1-2H3/t13-/m0/s1. The maximum Gasteiger partial charge on any atom is 0.129 e. The Hall–Kier alpha value is -1.87. The zero-order valence-corrected chi connectivity index (χ0v) is 12.0. The van der Waals surface area contributed by atoms with Crippen molar-refractivity contribution in [3.05, 3.63) is 58.8 Å². The van der Waals surface area contributed by atoms with Crippen molar-refractivity contribution in [1.82, 2.24) is 4.98 Å². The Bertz CT molecular complexity index is 622. The van der Waals surface area contributed by atoms with Gasteiger partial charge in [-0.3, -0.25) is 0 Å². The molecule has 0 fully saturated rings. The van der Waals surface area contributed by atoms with Gasteiger partial charge in [0.2, 0.25) is 0 Å². The van der Waals surface area contributed by atoms with Crippen molar-refractivity contribution >= 4 is 5.82 Å². The lowest BCUT2D eigenvalue weighted by Gasteiger charge is -2.30. The molecule has 1 atom stereocenters. The summed E-state index contributed by atoms with van der Waals surface area (Å²) in [5.41, 5.74) is 4.84. The molecular weight excluding hydrogens is 248 g/mol. The molecule has 3 nitrogen and oxygen atoms in total. The van der Waals surface area contributed by atoms with Gasteiger partial charge in [-0.15, -0.1) is 0 Å². The first-order valence-electron chi connectivity index (χ1n) is 7.11. The van der Waals surface area contributed by atoms with Crippen molar-refractivity contribution in [3.63, 3.8) is 0 Å². The highest BCUT2D eigenvalue weighted by Crippen LogP contribution is 2.25. The van der Waals surface area contributed by atoms with Crippen LogP contribution in [0.1, 0.15) is 35.3 Å². The molecule has 0 bridgehead atoms. The Morgan fingerprint density at radius 1 is 1.25 bits per heavy atom. The molecule has 3 rings (SSSR count). The van der Waals surface area contributed by atoms with E-state index in [0.717, 1.165) is 36.5 Å². The molecule has 0 radical (unpaired) electrons. The van der Waals surface area contributed by atoms with E-state index >= 15 is 0 Å². The van der Waals surface area contributed by atoms with E-state index in [0.29, 0.717) is 0 Å². The molecule has 0 amide bonds. The Labute approximate surface area is 119 Å². The molecule has 0 spiro atoms. The first-order chi connectivity index (χ1) is 9.65. The Morgan fingerprint density at radius 3 is 2.70 bits per heavy atom. The van der Waals surface area contributed by atoms with Gasteiger partial charge in [-0.2, -0.15) is 0 Å². The van der Waals surface area contributed by atoms with E-state index in [9.17, 15) is 5.11 Å². The van der Waals surface area contributed by atoms with E-state index in [1.807, 2.05) is 6.92 Å². The van der Waals surface area contributed by atoms with E-state index in [4.69, 9.17) is 0 Å². The van der Waals surface area contributed by atoms with Crippen LogP contribution in [0.15, 0.2) is 36.5 Å². The summed E-state index contributed by atoms with van der Waals surface area (Å²) in [5.74, 6) is 1.00. The van der Waals surface area contributed by atoms with Gasteiger partial charge in [0.05, 0.1) is 6.10 Å². The number of hydrogen-bond donors (Lipinski definition) is 1. The largest absolute Gasteiger partial charge is 0.389 e.